The van der Waals surface area contributed by atoms with Crippen LogP contribution >= 0.6 is 12.4 Å². The molecule has 138 valence electrons. The van der Waals surface area contributed by atoms with Gasteiger partial charge in [-0.25, -0.2) is 4.79 Å². The molecule has 1 aliphatic rings. The number of amides is 4. The van der Waals surface area contributed by atoms with E-state index in [4.69, 9.17) is 5.73 Å². The van der Waals surface area contributed by atoms with Gasteiger partial charge in [-0.05, 0) is 44.4 Å². The Morgan fingerprint density at radius 2 is 1.88 bits per heavy atom. The fourth-order valence-corrected chi connectivity index (χ4v) is 2.54. The van der Waals surface area contributed by atoms with Gasteiger partial charge >= 0.3 is 6.03 Å². The zero-order valence-electron chi connectivity index (χ0n) is 14.5. The third-order valence-corrected chi connectivity index (χ3v) is 3.95. The highest BCUT2D eigenvalue weighted by Gasteiger charge is 2.43. The maximum absolute atomic E-state index is 12.0. The molecule has 8 heteroatoms. The number of carbonyl (C=O) groups excluding carboxylic acids is 3. The van der Waals surface area contributed by atoms with Crippen molar-refractivity contribution in [1.29, 1.82) is 0 Å². The van der Waals surface area contributed by atoms with Crippen molar-refractivity contribution < 1.29 is 14.4 Å². The van der Waals surface area contributed by atoms with E-state index in [-0.39, 0.29) is 37.2 Å². The molecule has 1 aromatic carbocycles. The maximum atomic E-state index is 12.0. The molecule has 0 saturated carbocycles. The van der Waals surface area contributed by atoms with Crippen LogP contribution in [-0.2, 0) is 16.0 Å². The summed E-state index contributed by atoms with van der Waals surface area (Å²) in [5.74, 6) is -0.340. The van der Waals surface area contributed by atoms with E-state index in [1.165, 1.54) is 4.90 Å². The molecule has 1 heterocycles. The Bertz CT molecular complexity index is 631. The molecule has 2 rings (SSSR count). The Balaban J connectivity index is 0.00000312. The van der Waals surface area contributed by atoms with Crippen molar-refractivity contribution in [2.24, 2.45) is 0 Å². The largest absolute Gasteiger partial charge is 0.399 e. The fraction of sp³-hybridized carbons (Fsp3) is 0.471. The van der Waals surface area contributed by atoms with E-state index in [0.717, 1.165) is 12.0 Å². The number of nitrogens with two attached hydrogens (primary N) is 1. The minimum absolute atomic E-state index is 0. The zero-order valence-corrected chi connectivity index (χ0v) is 15.3. The quantitative estimate of drug-likeness (QED) is 0.500. The molecule has 0 aromatic heterocycles. The van der Waals surface area contributed by atoms with Crippen LogP contribution < -0.4 is 16.4 Å². The molecule has 1 saturated heterocycles. The average molecular weight is 369 g/mol. The monoisotopic (exact) mass is 368 g/mol. The van der Waals surface area contributed by atoms with Crippen molar-refractivity contribution in [2.75, 3.05) is 18.8 Å². The molecule has 1 aromatic rings. The first kappa shape index (κ1) is 20.8. The molecule has 7 nitrogen and oxygen atoms in total. The summed E-state index contributed by atoms with van der Waals surface area (Å²) in [4.78, 5) is 36.7. The highest BCUT2D eigenvalue weighted by molar-refractivity contribution is 6.06. The number of nitrogen functional groups attached to an aromatic ring is 1. The molecular formula is C17H25ClN4O3. The lowest BCUT2D eigenvalue weighted by Crippen LogP contribution is -2.40. The van der Waals surface area contributed by atoms with Crippen LogP contribution in [0.15, 0.2) is 24.3 Å². The van der Waals surface area contributed by atoms with Crippen LogP contribution in [0.25, 0.3) is 0 Å². The van der Waals surface area contributed by atoms with Gasteiger partial charge in [0, 0.05) is 25.2 Å². The number of nitrogens with one attached hydrogen (secondary N) is 2. The van der Waals surface area contributed by atoms with E-state index >= 15 is 0 Å². The number of hydrogen-bond acceptors (Lipinski definition) is 4. The molecule has 0 radical (unpaired) electrons. The molecule has 0 unspecified atom stereocenters. The number of halogens is 1. The van der Waals surface area contributed by atoms with Gasteiger partial charge in [-0.3, -0.25) is 14.5 Å². The number of hydrogen-bond donors (Lipinski definition) is 3. The second-order valence-corrected chi connectivity index (χ2v) is 6.46. The molecule has 0 bridgehead atoms. The van der Waals surface area contributed by atoms with E-state index in [9.17, 15) is 14.4 Å². The minimum Gasteiger partial charge on any atom is -0.399 e. The van der Waals surface area contributed by atoms with E-state index in [2.05, 4.69) is 10.6 Å². The standard InChI is InChI=1S/C17H24N4O3.ClH/c1-17(2)15(23)21(16(24)20-17)11-3-4-14(22)19-10-9-12-5-7-13(18)8-6-12;/h5-8H,3-4,9-11,18H2,1-2H3,(H,19,22)(H,20,24);1H. The van der Waals surface area contributed by atoms with E-state index in [1.807, 2.05) is 24.3 Å². The molecule has 4 N–H and O–H groups in total. The van der Waals surface area contributed by atoms with E-state index in [1.54, 1.807) is 13.8 Å². The second kappa shape index (κ2) is 8.71. The predicted octanol–water partition coefficient (Wildman–Crippen LogP) is 1.46. The zero-order chi connectivity index (χ0) is 17.7. The summed E-state index contributed by atoms with van der Waals surface area (Å²) in [5.41, 5.74) is 6.57. The summed E-state index contributed by atoms with van der Waals surface area (Å²) in [6.07, 6.45) is 1.45. The Labute approximate surface area is 153 Å². The van der Waals surface area contributed by atoms with Gasteiger partial charge in [-0.15, -0.1) is 12.4 Å². The van der Waals surface area contributed by atoms with E-state index < -0.39 is 11.6 Å². The van der Waals surface area contributed by atoms with Crippen molar-refractivity contribution in [1.82, 2.24) is 15.5 Å². The molecule has 0 aliphatic carbocycles. The number of carbonyl (C=O) groups is 3. The molecule has 25 heavy (non-hydrogen) atoms. The summed E-state index contributed by atoms with van der Waals surface area (Å²) in [6.45, 7) is 4.12. The van der Waals surface area contributed by atoms with Crippen LogP contribution in [0, 0.1) is 0 Å². The van der Waals surface area contributed by atoms with Crippen molar-refractivity contribution in [2.45, 2.75) is 38.6 Å². The number of benzene rings is 1. The highest BCUT2D eigenvalue weighted by Crippen LogP contribution is 2.16. The minimum atomic E-state index is -0.863. The van der Waals surface area contributed by atoms with Gasteiger partial charge in [-0.1, -0.05) is 12.1 Å². The molecule has 0 spiro atoms. The molecule has 4 amide bonds. The second-order valence-electron chi connectivity index (χ2n) is 6.46. The first-order valence-electron chi connectivity index (χ1n) is 8.05. The number of nitrogens with zero attached hydrogens (tertiary/aromatic N) is 1. The third-order valence-electron chi connectivity index (χ3n) is 3.95. The molecular weight excluding hydrogens is 344 g/mol. The molecule has 0 atom stereocenters. The lowest BCUT2D eigenvalue weighted by Gasteiger charge is -2.15. The number of urea groups is 1. The first-order valence-corrected chi connectivity index (χ1v) is 8.05. The SMILES string of the molecule is CC1(C)NC(=O)N(CCCC(=O)NCCc2ccc(N)cc2)C1=O.Cl. The number of imide groups is 1. The maximum Gasteiger partial charge on any atom is 0.325 e. The Kier molecular flexibility index (Phi) is 7.23. The van der Waals surface area contributed by atoms with Crippen LogP contribution in [0.5, 0.6) is 0 Å². The summed E-state index contributed by atoms with van der Waals surface area (Å²) < 4.78 is 0. The van der Waals surface area contributed by atoms with Gasteiger partial charge in [0.2, 0.25) is 5.91 Å². The van der Waals surface area contributed by atoms with Crippen LogP contribution in [0.4, 0.5) is 10.5 Å². The van der Waals surface area contributed by atoms with Crippen LogP contribution in [-0.4, -0.2) is 41.4 Å². The average Bonchev–Trinajstić information content (AvgIpc) is 2.71. The first-order chi connectivity index (χ1) is 11.3. The lowest BCUT2D eigenvalue weighted by molar-refractivity contribution is -0.130. The molecule has 1 fully saturated rings. The van der Waals surface area contributed by atoms with Crippen molar-refractivity contribution in [3.8, 4) is 0 Å². The third kappa shape index (κ3) is 5.63. The summed E-state index contributed by atoms with van der Waals surface area (Å²) in [7, 11) is 0. The van der Waals surface area contributed by atoms with Gasteiger partial charge in [-0.2, -0.15) is 0 Å². The van der Waals surface area contributed by atoms with Gasteiger partial charge in [0.05, 0.1) is 0 Å². The topological polar surface area (TPSA) is 105 Å². The molecule has 1 aliphatic heterocycles. The Hall–Kier alpha value is -2.28. The van der Waals surface area contributed by atoms with Gasteiger partial charge < -0.3 is 16.4 Å². The Morgan fingerprint density at radius 1 is 1.24 bits per heavy atom. The van der Waals surface area contributed by atoms with Gasteiger partial charge in [0.25, 0.3) is 5.91 Å². The highest BCUT2D eigenvalue weighted by atomic mass is 35.5. The normalized spacial score (nSPS) is 15.5. The number of rotatable bonds is 7. The predicted molar refractivity (Wildman–Crippen MR) is 98.4 cm³/mol. The summed E-state index contributed by atoms with van der Waals surface area (Å²) in [5, 5.41) is 5.45. The van der Waals surface area contributed by atoms with Gasteiger partial charge in [0.15, 0.2) is 0 Å². The van der Waals surface area contributed by atoms with Crippen LogP contribution in [0.3, 0.4) is 0 Å². The summed E-state index contributed by atoms with van der Waals surface area (Å²) in [6, 6.07) is 7.13. The fourth-order valence-electron chi connectivity index (χ4n) is 2.54. The van der Waals surface area contributed by atoms with Crippen LogP contribution in [0.2, 0.25) is 0 Å². The number of anilines is 1. The summed E-state index contributed by atoms with van der Waals surface area (Å²) >= 11 is 0. The lowest BCUT2D eigenvalue weighted by atomic mass is 10.1. The smallest absolute Gasteiger partial charge is 0.325 e. The van der Waals surface area contributed by atoms with Crippen LogP contribution in [0.1, 0.15) is 32.3 Å². The van der Waals surface area contributed by atoms with E-state index in [0.29, 0.717) is 18.7 Å². The Morgan fingerprint density at radius 3 is 2.44 bits per heavy atom. The van der Waals surface area contributed by atoms with Gasteiger partial charge in [0.1, 0.15) is 5.54 Å². The van der Waals surface area contributed by atoms with Crippen molar-refractivity contribution in [3.05, 3.63) is 29.8 Å². The van der Waals surface area contributed by atoms with Crippen molar-refractivity contribution in [3.63, 3.8) is 0 Å². The van der Waals surface area contributed by atoms with Crippen molar-refractivity contribution >= 4 is 35.9 Å².